The number of aromatic nitrogens is 1. The van der Waals surface area contributed by atoms with Crippen LogP contribution >= 0.6 is 15.9 Å². The number of alkyl halides is 3. The molecule has 0 aliphatic rings. The Labute approximate surface area is 91.6 Å². The van der Waals surface area contributed by atoms with Gasteiger partial charge >= 0.3 is 0 Å². The van der Waals surface area contributed by atoms with Crippen molar-refractivity contribution in [2.75, 3.05) is 5.73 Å². The van der Waals surface area contributed by atoms with Gasteiger partial charge in [-0.2, -0.15) is 0 Å². The summed E-state index contributed by atoms with van der Waals surface area (Å²) in [5, 5.41) is 10.5. The van der Waals surface area contributed by atoms with Crippen molar-refractivity contribution in [2.45, 2.75) is 11.8 Å². The van der Waals surface area contributed by atoms with E-state index >= 15 is 0 Å². The van der Waals surface area contributed by atoms with Gasteiger partial charge in [-0.1, -0.05) is 15.9 Å². The van der Waals surface area contributed by atoms with Crippen LogP contribution < -0.4 is 5.73 Å². The molecule has 2 N–H and O–H groups in total. The number of nitrogens with zero attached hydrogens (tertiary/aromatic N) is 2. The molecule has 0 saturated carbocycles. The van der Waals surface area contributed by atoms with Gasteiger partial charge in [0.05, 0.1) is 4.92 Å². The second-order valence-electron chi connectivity index (χ2n) is 2.61. The van der Waals surface area contributed by atoms with Gasteiger partial charge in [0.25, 0.3) is 12.1 Å². The van der Waals surface area contributed by atoms with Gasteiger partial charge in [0, 0.05) is 10.9 Å². The molecule has 15 heavy (non-hydrogen) atoms. The van der Waals surface area contributed by atoms with Gasteiger partial charge in [0.1, 0.15) is 17.6 Å². The molecule has 1 aromatic rings. The van der Waals surface area contributed by atoms with Crippen LogP contribution in [0.5, 0.6) is 0 Å². The SMILES string of the molecule is Nc1ncc([N+](=O)[O-])c(C(F)F)c1CBr. The second-order valence-corrected chi connectivity index (χ2v) is 3.17. The van der Waals surface area contributed by atoms with E-state index in [0.29, 0.717) is 0 Å². The lowest BCUT2D eigenvalue weighted by Crippen LogP contribution is -2.05. The summed E-state index contributed by atoms with van der Waals surface area (Å²) < 4.78 is 25.2. The van der Waals surface area contributed by atoms with Gasteiger partial charge < -0.3 is 5.73 Å². The summed E-state index contributed by atoms with van der Waals surface area (Å²) in [6, 6.07) is 0. The highest BCUT2D eigenvalue weighted by Crippen LogP contribution is 2.34. The number of nitrogen functional groups attached to an aromatic ring is 1. The van der Waals surface area contributed by atoms with Crippen molar-refractivity contribution >= 4 is 27.4 Å². The highest BCUT2D eigenvalue weighted by atomic mass is 79.9. The fourth-order valence-electron chi connectivity index (χ4n) is 1.10. The minimum Gasteiger partial charge on any atom is -0.383 e. The molecule has 0 bridgehead atoms. The quantitative estimate of drug-likeness (QED) is 0.524. The number of hydrogen-bond acceptors (Lipinski definition) is 4. The van der Waals surface area contributed by atoms with Crippen LogP contribution in [0.25, 0.3) is 0 Å². The minimum atomic E-state index is -2.96. The third-order valence-corrected chi connectivity index (χ3v) is 2.35. The average molecular weight is 282 g/mol. The molecule has 8 heteroatoms. The van der Waals surface area contributed by atoms with Crippen molar-refractivity contribution in [1.29, 1.82) is 0 Å². The lowest BCUT2D eigenvalue weighted by atomic mass is 10.1. The Balaban J connectivity index is 3.49. The topological polar surface area (TPSA) is 82.0 Å². The van der Waals surface area contributed by atoms with Gasteiger partial charge in [0.2, 0.25) is 0 Å². The molecule has 1 heterocycles. The van der Waals surface area contributed by atoms with Crippen molar-refractivity contribution < 1.29 is 13.7 Å². The molecule has 5 nitrogen and oxygen atoms in total. The summed E-state index contributed by atoms with van der Waals surface area (Å²) in [6.07, 6.45) is -2.22. The first-order chi connectivity index (χ1) is 6.99. The Kier molecular flexibility index (Phi) is 3.51. The molecular weight excluding hydrogens is 276 g/mol. The van der Waals surface area contributed by atoms with Crippen molar-refractivity contribution in [3.8, 4) is 0 Å². The molecule has 0 aromatic carbocycles. The van der Waals surface area contributed by atoms with E-state index in [1.165, 1.54) is 0 Å². The van der Waals surface area contributed by atoms with Gasteiger partial charge in [-0.15, -0.1) is 0 Å². The van der Waals surface area contributed by atoms with Crippen molar-refractivity contribution in [3.63, 3.8) is 0 Å². The van der Waals surface area contributed by atoms with E-state index in [1.807, 2.05) is 0 Å². The first-order valence-corrected chi connectivity index (χ1v) is 4.87. The first kappa shape index (κ1) is 11.8. The molecule has 0 unspecified atom stereocenters. The number of anilines is 1. The Morgan fingerprint density at radius 1 is 1.67 bits per heavy atom. The average Bonchev–Trinajstić information content (AvgIpc) is 2.16. The van der Waals surface area contributed by atoms with Crippen LogP contribution in [0.15, 0.2) is 6.20 Å². The number of hydrogen-bond donors (Lipinski definition) is 1. The molecule has 1 rings (SSSR count). The maximum absolute atomic E-state index is 12.6. The number of nitro groups is 1. The van der Waals surface area contributed by atoms with E-state index < -0.39 is 22.6 Å². The van der Waals surface area contributed by atoms with E-state index in [1.54, 1.807) is 0 Å². The number of halogens is 3. The van der Waals surface area contributed by atoms with E-state index in [0.717, 1.165) is 6.20 Å². The zero-order chi connectivity index (χ0) is 11.6. The van der Waals surface area contributed by atoms with E-state index in [2.05, 4.69) is 20.9 Å². The standard InChI is InChI=1S/C7H6BrF2N3O2/c8-1-3-5(6(9)10)4(13(14)15)2-12-7(3)11/h2,6H,1H2,(H2,11,12). The van der Waals surface area contributed by atoms with Crippen molar-refractivity contribution in [3.05, 3.63) is 27.4 Å². The van der Waals surface area contributed by atoms with E-state index in [4.69, 9.17) is 5.73 Å². The number of rotatable bonds is 3. The monoisotopic (exact) mass is 281 g/mol. The van der Waals surface area contributed by atoms with E-state index in [9.17, 15) is 18.9 Å². The fourth-order valence-corrected chi connectivity index (χ4v) is 1.69. The molecule has 0 amide bonds. The minimum absolute atomic E-state index is 0.00676. The normalized spacial score (nSPS) is 10.7. The molecule has 0 spiro atoms. The number of pyridine rings is 1. The lowest BCUT2D eigenvalue weighted by Gasteiger charge is -2.08. The molecule has 1 aromatic heterocycles. The zero-order valence-corrected chi connectivity index (χ0v) is 8.87. The summed E-state index contributed by atoms with van der Waals surface area (Å²) in [7, 11) is 0. The Morgan fingerprint density at radius 3 is 2.67 bits per heavy atom. The molecular formula is C7H6BrF2N3O2. The van der Waals surface area contributed by atoms with Gasteiger partial charge in [-0.05, 0) is 0 Å². The summed E-state index contributed by atoms with van der Waals surface area (Å²) in [5.41, 5.74) is 3.91. The highest BCUT2D eigenvalue weighted by Gasteiger charge is 2.27. The van der Waals surface area contributed by atoms with Crippen LogP contribution in [-0.2, 0) is 5.33 Å². The first-order valence-electron chi connectivity index (χ1n) is 3.74. The molecule has 0 atom stereocenters. The van der Waals surface area contributed by atoms with Gasteiger partial charge in [-0.25, -0.2) is 13.8 Å². The van der Waals surface area contributed by atoms with Crippen LogP contribution in [0.4, 0.5) is 20.3 Å². The second kappa shape index (κ2) is 4.47. The largest absolute Gasteiger partial charge is 0.383 e. The third-order valence-electron chi connectivity index (χ3n) is 1.78. The molecule has 0 radical (unpaired) electrons. The van der Waals surface area contributed by atoms with Crippen LogP contribution in [0.3, 0.4) is 0 Å². The Hall–Kier alpha value is -1.31. The van der Waals surface area contributed by atoms with Crippen molar-refractivity contribution in [1.82, 2.24) is 4.98 Å². The van der Waals surface area contributed by atoms with E-state index in [-0.39, 0.29) is 16.7 Å². The summed E-state index contributed by atoms with van der Waals surface area (Å²) in [4.78, 5) is 13.1. The fraction of sp³-hybridized carbons (Fsp3) is 0.286. The van der Waals surface area contributed by atoms with Gasteiger partial charge in [-0.3, -0.25) is 10.1 Å². The summed E-state index contributed by atoms with van der Waals surface area (Å²) in [6.45, 7) is 0. The molecule has 0 saturated heterocycles. The summed E-state index contributed by atoms with van der Waals surface area (Å²) >= 11 is 2.93. The number of nitrogens with two attached hydrogens (primary N) is 1. The van der Waals surface area contributed by atoms with Crippen LogP contribution in [0.2, 0.25) is 0 Å². The van der Waals surface area contributed by atoms with Crippen molar-refractivity contribution in [2.24, 2.45) is 0 Å². The van der Waals surface area contributed by atoms with Crippen LogP contribution in [-0.4, -0.2) is 9.91 Å². The predicted octanol–water partition coefficient (Wildman–Crippen LogP) is 2.40. The third kappa shape index (κ3) is 2.20. The predicted molar refractivity (Wildman–Crippen MR) is 52.9 cm³/mol. The van der Waals surface area contributed by atoms with Crippen LogP contribution in [0, 0.1) is 10.1 Å². The molecule has 82 valence electrons. The Morgan fingerprint density at radius 2 is 2.27 bits per heavy atom. The molecule has 0 aliphatic carbocycles. The highest BCUT2D eigenvalue weighted by molar-refractivity contribution is 9.08. The summed E-state index contributed by atoms with van der Waals surface area (Å²) in [5.74, 6) is -0.132. The Bertz CT molecular complexity index is 400. The van der Waals surface area contributed by atoms with Crippen LogP contribution in [0.1, 0.15) is 17.6 Å². The molecule has 0 fully saturated rings. The lowest BCUT2D eigenvalue weighted by molar-refractivity contribution is -0.386. The zero-order valence-electron chi connectivity index (χ0n) is 7.28. The van der Waals surface area contributed by atoms with Gasteiger partial charge in [0.15, 0.2) is 0 Å². The molecule has 0 aliphatic heterocycles. The smallest absolute Gasteiger partial charge is 0.296 e. The maximum Gasteiger partial charge on any atom is 0.296 e. The maximum atomic E-state index is 12.6.